The Morgan fingerprint density at radius 3 is 2.20 bits per heavy atom. The molecule has 0 bridgehead atoms. The van der Waals surface area contributed by atoms with Gasteiger partial charge in [0.15, 0.2) is 0 Å². The number of likely N-dealkylation sites (N-methyl/N-ethyl adjacent to an activating group) is 1. The summed E-state index contributed by atoms with van der Waals surface area (Å²) >= 11 is 0. The summed E-state index contributed by atoms with van der Waals surface area (Å²) in [5.41, 5.74) is 0. The second kappa shape index (κ2) is 14.0. The number of amides is 1. The molecule has 1 amide bonds. The minimum absolute atomic E-state index is 0.145. The van der Waals surface area contributed by atoms with E-state index in [4.69, 9.17) is 5.11 Å². The molecule has 0 saturated heterocycles. The number of nitrogens with zero attached hydrogens (tertiary/aromatic N) is 2. The second-order valence-electron chi connectivity index (χ2n) is 6.24. The van der Waals surface area contributed by atoms with Crippen LogP contribution >= 0.6 is 0 Å². The Kier molecular flexibility index (Phi) is 13.3. The van der Waals surface area contributed by atoms with Gasteiger partial charge < -0.3 is 26.0 Å². The van der Waals surface area contributed by atoms with Crippen molar-refractivity contribution in [2.45, 2.75) is 33.0 Å². The van der Waals surface area contributed by atoms with Gasteiger partial charge in [-0.25, -0.2) is 0 Å². The molecule has 0 saturated carbocycles. The fraction of sp³-hybridized carbons (Fsp3) is 0.875. The Labute approximate surface area is 150 Å². The summed E-state index contributed by atoms with van der Waals surface area (Å²) in [5, 5.41) is 32.9. The van der Waals surface area contributed by atoms with Crippen molar-refractivity contribution in [1.82, 2.24) is 20.4 Å². The molecule has 0 aromatic rings. The molecule has 0 fully saturated rings. The number of nitrogens with one attached hydrogen (secondary N) is 2. The van der Waals surface area contributed by atoms with Crippen molar-refractivity contribution >= 4 is 11.9 Å². The number of aliphatic hydroxyl groups is 2. The molecule has 5 N–H and O–H groups in total. The van der Waals surface area contributed by atoms with Crippen molar-refractivity contribution in [1.29, 1.82) is 0 Å². The van der Waals surface area contributed by atoms with Crippen LogP contribution in [0.25, 0.3) is 0 Å². The van der Waals surface area contributed by atoms with Gasteiger partial charge in [0.1, 0.15) is 6.54 Å². The van der Waals surface area contributed by atoms with Crippen LogP contribution < -0.4 is 10.6 Å². The van der Waals surface area contributed by atoms with Crippen LogP contribution in [0.3, 0.4) is 0 Å². The van der Waals surface area contributed by atoms with Gasteiger partial charge in [0.05, 0.1) is 18.8 Å². The van der Waals surface area contributed by atoms with Crippen LogP contribution in [0.2, 0.25) is 0 Å². The van der Waals surface area contributed by atoms with E-state index >= 15 is 0 Å². The second-order valence-corrected chi connectivity index (χ2v) is 6.24. The van der Waals surface area contributed by atoms with Crippen LogP contribution in [0.5, 0.6) is 0 Å². The average molecular weight is 362 g/mol. The molecule has 0 spiro atoms. The molecule has 0 unspecified atom stereocenters. The Morgan fingerprint density at radius 1 is 1.04 bits per heavy atom. The zero-order chi connectivity index (χ0) is 19.2. The van der Waals surface area contributed by atoms with Crippen molar-refractivity contribution in [2.75, 3.05) is 58.9 Å². The number of carbonyl (C=O) groups is 2. The van der Waals surface area contributed by atoms with E-state index in [1.807, 2.05) is 11.8 Å². The van der Waals surface area contributed by atoms with E-state index in [0.717, 1.165) is 6.54 Å². The number of hydrogen-bond donors (Lipinski definition) is 5. The Balaban J connectivity index is 4.27. The summed E-state index contributed by atoms with van der Waals surface area (Å²) in [5.74, 6) is -1.38. The van der Waals surface area contributed by atoms with Crippen molar-refractivity contribution in [3.63, 3.8) is 0 Å². The van der Waals surface area contributed by atoms with Crippen molar-refractivity contribution in [2.24, 2.45) is 0 Å². The topological polar surface area (TPSA) is 125 Å². The zero-order valence-corrected chi connectivity index (χ0v) is 15.6. The SMILES string of the molecule is CCN(CCN(CCNC[C@H](C)O)C[C@H](C)O)CC(=O)NCC(=O)O. The highest BCUT2D eigenvalue weighted by Crippen LogP contribution is 1.95. The summed E-state index contributed by atoms with van der Waals surface area (Å²) < 4.78 is 0. The average Bonchev–Trinajstić information content (AvgIpc) is 2.52. The first-order chi connectivity index (χ1) is 11.7. The fourth-order valence-corrected chi connectivity index (χ4v) is 2.28. The van der Waals surface area contributed by atoms with Gasteiger partial charge in [-0.15, -0.1) is 0 Å². The van der Waals surface area contributed by atoms with E-state index in [1.54, 1.807) is 13.8 Å². The Hall–Kier alpha value is -1.26. The molecule has 0 aromatic heterocycles. The quantitative estimate of drug-likeness (QED) is 0.215. The minimum atomic E-state index is -1.07. The van der Waals surface area contributed by atoms with Gasteiger partial charge >= 0.3 is 5.97 Å². The lowest BCUT2D eigenvalue weighted by Gasteiger charge is -2.27. The minimum Gasteiger partial charge on any atom is -0.480 e. The predicted octanol–water partition coefficient (Wildman–Crippen LogP) is -1.84. The number of aliphatic carboxylic acids is 1. The first-order valence-corrected chi connectivity index (χ1v) is 8.74. The predicted molar refractivity (Wildman–Crippen MR) is 95.4 cm³/mol. The van der Waals surface area contributed by atoms with Crippen LogP contribution in [-0.2, 0) is 9.59 Å². The number of rotatable bonds is 15. The zero-order valence-electron chi connectivity index (χ0n) is 15.6. The lowest BCUT2D eigenvalue weighted by Crippen LogP contribution is -2.45. The molecule has 0 aliphatic rings. The summed E-state index contributed by atoms with van der Waals surface area (Å²) in [6.07, 6.45) is -0.851. The van der Waals surface area contributed by atoms with E-state index in [9.17, 15) is 19.8 Å². The van der Waals surface area contributed by atoms with E-state index in [0.29, 0.717) is 39.3 Å². The summed E-state index contributed by atoms with van der Waals surface area (Å²) in [7, 11) is 0. The molecule has 2 atom stereocenters. The molecule has 0 radical (unpaired) electrons. The number of carboxylic acid groups (broad SMARTS) is 1. The highest BCUT2D eigenvalue weighted by Gasteiger charge is 2.13. The highest BCUT2D eigenvalue weighted by atomic mass is 16.4. The molecule has 25 heavy (non-hydrogen) atoms. The molecule has 0 aromatic carbocycles. The van der Waals surface area contributed by atoms with Gasteiger partial charge in [-0.05, 0) is 20.4 Å². The van der Waals surface area contributed by atoms with Gasteiger partial charge in [-0.2, -0.15) is 0 Å². The maximum absolute atomic E-state index is 11.7. The third kappa shape index (κ3) is 14.8. The normalized spacial score (nSPS) is 13.9. The standard InChI is InChI=1S/C16H34N4O5/c1-4-19(12-15(23)18-10-16(24)25)7-8-20(11-14(3)22)6-5-17-9-13(2)21/h13-14,17,21-22H,4-12H2,1-3H3,(H,18,23)(H,24,25)/t13-,14-/m0/s1. The van der Waals surface area contributed by atoms with Crippen LogP contribution in [0, 0.1) is 0 Å². The molecular weight excluding hydrogens is 328 g/mol. The summed E-state index contributed by atoms with van der Waals surface area (Å²) in [4.78, 5) is 26.2. The monoisotopic (exact) mass is 362 g/mol. The third-order valence-corrected chi connectivity index (χ3v) is 3.55. The van der Waals surface area contributed by atoms with E-state index < -0.39 is 18.2 Å². The van der Waals surface area contributed by atoms with Gasteiger partial charge in [-0.3, -0.25) is 19.4 Å². The maximum atomic E-state index is 11.7. The van der Waals surface area contributed by atoms with Gasteiger partial charge in [-0.1, -0.05) is 6.92 Å². The molecular formula is C16H34N4O5. The lowest BCUT2D eigenvalue weighted by molar-refractivity contribution is -0.138. The highest BCUT2D eigenvalue weighted by molar-refractivity contribution is 5.82. The third-order valence-electron chi connectivity index (χ3n) is 3.55. The number of aliphatic hydroxyl groups excluding tert-OH is 2. The van der Waals surface area contributed by atoms with Crippen molar-refractivity contribution < 1.29 is 24.9 Å². The first kappa shape index (κ1) is 23.7. The van der Waals surface area contributed by atoms with Gasteiger partial charge in [0.2, 0.25) is 5.91 Å². The van der Waals surface area contributed by atoms with Gasteiger partial charge in [0.25, 0.3) is 0 Å². The van der Waals surface area contributed by atoms with E-state index in [-0.39, 0.29) is 19.0 Å². The largest absolute Gasteiger partial charge is 0.480 e. The molecule has 0 aliphatic heterocycles. The number of carbonyl (C=O) groups excluding carboxylic acids is 1. The van der Waals surface area contributed by atoms with E-state index in [1.165, 1.54) is 0 Å². The number of carboxylic acids is 1. The van der Waals surface area contributed by atoms with Crippen LogP contribution in [0.4, 0.5) is 0 Å². The molecule has 0 heterocycles. The van der Waals surface area contributed by atoms with Crippen molar-refractivity contribution in [3.8, 4) is 0 Å². The summed E-state index contributed by atoms with van der Waals surface area (Å²) in [6.45, 7) is 9.61. The van der Waals surface area contributed by atoms with Crippen LogP contribution in [0.15, 0.2) is 0 Å². The summed E-state index contributed by atoms with van der Waals surface area (Å²) in [6, 6.07) is 0. The first-order valence-electron chi connectivity index (χ1n) is 8.74. The molecule has 148 valence electrons. The molecule has 9 nitrogen and oxygen atoms in total. The van der Waals surface area contributed by atoms with E-state index in [2.05, 4.69) is 15.5 Å². The van der Waals surface area contributed by atoms with Crippen LogP contribution in [0.1, 0.15) is 20.8 Å². The van der Waals surface area contributed by atoms with Crippen LogP contribution in [-0.4, -0.2) is 108 Å². The molecule has 9 heteroatoms. The van der Waals surface area contributed by atoms with Crippen molar-refractivity contribution in [3.05, 3.63) is 0 Å². The molecule has 0 rings (SSSR count). The fourth-order valence-electron chi connectivity index (χ4n) is 2.28. The lowest BCUT2D eigenvalue weighted by atomic mass is 10.3. The Morgan fingerprint density at radius 2 is 1.68 bits per heavy atom. The Bertz CT molecular complexity index is 380. The smallest absolute Gasteiger partial charge is 0.322 e. The number of hydrogen-bond acceptors (Lipinski definition) is 7. The maximum Gasteiger partial charge on any atom is 0.322 e. The molecule has 0 aliphatic carbocycles. The van der Waals surface area contributed by atoms with Gasteiger partial charge in [0, 0.05) is 39.3 Å².